The summed E-state index contributed by atoms with van der Waals surface area (Å²) >= 11 is 1.09. The second kappa shape index (κ2) is 6.44. The van der Waals surface area contributed by atoms with Crippen molar-refractivity contribution >= 4 is 27.1 Å². The van der Waals surface area contributed by atoms with Gasteiger partial charge in [0.05, 0.1) is 11.4 Å². The molecule has 1 heterocycles. The lowest BCUT2D eigenvalue weighted by Gasteiger charge is -2.02. The van der Waals surface area contributed by atoms with Gasteiger partial charge < -0.3 is 0 Å². The van der Waals surface area contributed by atoms with E-state index in [9.17, 15) is 13.2 Å². The predicted octanol–water partition coefficient (Wildman–Crippen LogP) is 1.19. The summed E-state index contributed by atoms with van der Waals surface area (Å²) < 4.78 is 23.5. The van der Waals surface area contributed by atoms with E-state index in [2.05, 4.69) is 10.4 Å². The first-order valence-electron chi connectivity index (χ1n) is 6.01. The largest absolute Gasteiger partial charge is 0.289 e. The van der Waals surface area contributed by atoms with E-state index in [1.807, 2.05) is 20.8 Å². The quantitative estimate of drug-likeness (QED) is 0.467. The lowest BCUT2D eigenvalue weighted by molar-refractivity contribution is 0.0956. The smallest absolute Gasteiger partial charge is 0.277 e. The first kappa shape index (κ1) is 16.1. The molecule has 0 aromatic carbocycles. The van der Waals surface area contributed by atoms with E-state index in [1.54, 1.807) is 0 Å². The van der Waals surface area contributed by atoms with Crippen LogP contribution in [0.2, 0.25) is 0 Å². The number of nitrogens with one attached hydrogen (secondary N) is 1. The molecular formula is C11H19N3O3S2. The molecule has 1 aromatic rings. The maximum atomic E-state index is 11.8. The Kier molecular flexibility index (Phi) is 5.45. The lowest BCUT2D eigenvalue weighted by Crippen LogP contribution is -2.30. The molecule has 0 saturated heterocycles. The maximum absolute atomic E-state index is 11.8. The number of nitrogens with zero attached hydrogens (tertiary/aromatic N) is 1. The molecule has 0 aliphatic heterocycles. The summed E-state index contributed by atoms with van der Waals surface area (Å²) in [5, 5.41) is 0.441. The number of thiazole rings is 1. The summed E-state index contributed by atoms with van der Waals surface area (Å²) in [5.74, 6) is 4.73. The van der Waals surface area contributed by atoms with Crippen LogP contribution in [0.25, 0.3) is 0 Å². The lowest BCUT2D eigenvalue weighted by atomic mass is 10.1. The molecule has 3 N–H and O–H groups in total. The van der Waals surface area contributed by atoms with Crippen molar-refractivity contribution in [3.63, 3.8) is 0 Å². The van der Waals surface area contributed by atoms with E-state index in [1.165, 1.54) is 0 Å². The van der Waals surface area contributed by atoms with E-state index in [4.69, 9.17) is 5.84 Å². The van der Waals surface area contributed by atoms with Crippen LogP contribution in [0.1, 0.15) is 53.5 Å². The highest BCUT2D eigenvalue weighted by molar-refractivity contribution is 7.90. The summed E-state index contributed by atoms with van der Waals surface area (Å²) in [7, 11) is -3.16. The van der Waals surface area contributed by atoms with Gasteiger partial charge in [0.2, 0.25) is 0 Å². The van der Waals surface area contributed by atoms with Crippen LogP contribution in [-0.2, 0) is 15.6 Å². The highest BCUT2D eigenvalue weighted by atomic mass is 32.2. The highest BCUT2D eigenvalue weighted by Crippen LogP contribution is 2.26. The van der Waals surface area contributed by atoms with Crippen molar-refractivity contribution in [2.45, 2.75) is 38.9 Å². The van der Waals surface area contributed by atoms with Crippen molar-refractivity contribution in [1.82, 2.24) is 10.4 Å². The predicted molar refractivity (Wildman–Crippen MR) is 75.6 cm³/mol. The molecule has 0 saturated carbocycles. The molecule has 108 valence electrons. The number of hydrogen-bond acceptors (Lipinski definition) is 6. The minimum Gasteiger partial charge on any atom is -0.289 e. The molecule has 8 heteroatoms. The fourth-order valence-corrected chi connectivity index (χ4v) is 4.53. The zero-order valence-corrected chi connectivity index (χ0v) is 12.9. The minimum absolute atomic E-state index is 0.0335. The van der Waals surface area contributed by atoms with E-state index >= 15 is 0 Å². The van der Waals surface area contributed by atoms with Crippen molar-refractivity contribution < 1.29 is 13.2 Å². The maximum Gasteiger partial charge on any atom is 0.277 e. The molecular weight excluding hydrogens is 286 g/mol. The third-order valence-corrected chi connectivity index (χ3v) is 5.44. The number of nitrogen functional groups attached to an aromatic ring is 1. The van der Waals surface area contributed by atoms with Gasteiger partial charge in [0, 0.05) is 0 Å². The van der Waals surface area contributed by atoms with E-state index in [0.717, 1.165) is 11.3 Å². The van der Waals surface area contributed by atoms with Gasteiger partial charge in [-0.3, -0.25) is 10.2 Å². The summed E-state index contributed by atoms with van der Waals surface area (Å²) in [6, 6.07) is 0. The van der Waals surface area contributed by atoms with Crippen molar-refractivity contribution in [2.24, 2.45) is 5.84 Å². The number of hydrogen-bond donors (Lipinski definition) is 2. The topological polar surface area (TPSA) is 102 Å². The number of amides is 1. The molecule has 0 spiro atoms. The second-order valence-electron chi connectivity index (χ2n) is 4.54. The number of nitrogens with two attached hydrogens (primary N) is 1. The SMILES string of the molecule is CCCS(=O)(=O)Cc1nc(C(C)C)c(C(=O)NN)s1. The van der Waals surface area contributed by atoms with Crippen LogP contribution in [0, 0.1) is 0 Å². The molecule has 0 unspecified atom stereocenters. The number of sulfone groups is 1. The standard InChI is InChI=1S/C11H19N3O3S2/c1-4-5-19(16,17)6-8-13-9(7(2)3)10(18-8)11(15)14-12/h7H,4-6,12H2,1-3H3,(H,14,15). The second-order valence-corrected chi connectivity index (χ2v) is 7.81. The Balaban J connectivity index is 3.08. The Hall–Kier alpha value is -0.990. The van der Waals surface area contributed by atoms with Crippen LogP contribution in [-0.4, -0.2) is 25.1 Å². The molecule has 0 aliphatic rings. The first-order valence-corrected chi connectivity index (χ1v) is 8.65. The molecule has 1 rings (SSSR count). The molecule has 0 atom stereocenters. The molecule has 0 aliphatic carbocycles. The van der Waals surface area contributed by atoms with Crippen molar-refractivity contribution in [3.05, 3.63) is 15.6 Å². The number of carbonyl (C=O) groups excluding carboxylic acids is 1. The van der Waals surface area contributed by atoms with Crippen LogP contribution in [0.5, 0.6) is 0 Å². The van der Waals surface area contributed by atoms with Gasteiger partial charge in [-0.05, 0) is 12.3 Å². The minimum atomic E-state index is -3.16. The van der Waals surface area contributed by atoms with Crippen molar-refractivity contribution in [3.8, 4) is 0 Å². The Morgan fingerprint density at radius 2 is 2.11 bits per heavy atom. The third kappa shape index (κ3) is 4.26. The van der Waals surface area contributed by atoms with Gasteiger partial charge >= 0.3 is 0 Å². The molecule has 0 bridgehead atoms. The van der Waals surface area contributed by atoms with Gasteiger partial charge in [0.25, 0.3) is 5.91 Å². The monoisotopic (exact) mass is 305 g/mol. The van der Waals surface area contributed by atoms with Crippen molar-refractivity contribution in [1.29, 1.82) is 0 Å². The Labute approximate surface area is 117 Å². The summed E-state index contributed by atoms with van der Waals surface area (Å²) in [6.07, 6.45) is 0.570. The normalized spacial score (nSPS) is 11.8. The Morgan fingerprint density at radius 1 is 1.47 bits per heavy atom. The number of rotatable bonds is 6. The number of aromatic nitrogens is 1. The molecule has 0 radical (unpaired) electrons. The molecule has 1 aromatic heterocycles. The highest BCUT2D eigenvalue weighted by Gasteiger charge is 2.22. The zero-order chi connectivity index (χ0) is 14.6. The van der Waals surface area contributed by atoms with Crippen LogP contribution >= 0.6 is 11.3 Å². The van der Waals surface area contributed by atoms with Crippen LogP contribution in [0.3, 0.4) is 0 Å². The van der Waals surface area contributed by atoms with E-state index in [0.29, 0.717) is 22.0 Å². The number of carbonyl (C=O) groups is 1. The van der Waals surface area contributed by atoms with Gasteiger partial charge in [-0.25, -0.2) is 19.2 Å². The third-order valence-electron chi connectivity index (χ3n) is 2.44. The van der Waals surface area contributed by atoms with E-state index < -0.39 is 15.7 Å². The summed E-state index contributed by atoms with van der Waals surface area (Å²) in [5.41, 5.74) is 2.65. The van der Waals surface area contributed by atoms with Crippen molar-refractivity contribution in [2.75, 3.05) is 5.75 Å². The van der Waals surface area contributed by atoms with Gasteiger partial charge in [0.1, 0.15) is 15.6 Å². The van der Waals surface area contributed by atoms with E-state index in [-0.39, 0.29) is 17.4 Å². The number of hydrazine groups is 1. The molecule has 19 heavy (non-hydrogen) atoms. The van der Waals surface area contributed by atoms with Gasteiger partial charge in [-0.1, -0.05) is 20.8 Å². The Bertz CT molecular complexity index is 550. The van der Waals surface area contributed by atoms with Crippen LogP contribution < -0.4 is 11.3 Å². The summed E-state index contributed by atoms with van der Waals surface area (Å²) in [4.78, 5) is 16.3. The fourth-order valence-electron chi connectivity index (χ4n) is 1.63. The average Bonchev–Trinajstić information content (AvgIpc) is 2.71. The fraction of sp³-hybridized carbons (Fsp3) is 0.636. The van der Waals surface area contributed by atoms with Gasteiger partial charge in [-0.2, -0.15) is 0 Å². The van der Waals surface area contributed by atoms with Gasteiger partial charge in [-0.15, -0.1) is 11.3 Å². The molecule has 6 nitrogen and oxygen atoms in total. The van der Waals surface area contributed by atoms with Crippen LogP contribution in [0.4, 0.5) is 0 Å². The molecule has 1 amide bonds. The molecule has 0 fully saturated rings. The first-order chi connectivity index (χ1) is 8.80. The zero-order valence-electron chi connectivity index (χ0n) is 11.3. The summed E-state index contributed by atoms with van der Waals surface area (Å²) in [6.45, 7) is 5.60. The van der Waals surface area contributed by atoms with Crippen LogP contribution in [0.15, 0.2) is 0 Å². The average molecular weight is 305 g/mol. The van der Waals surface area contributed by atoms with Gasteiger partial charge in [0.15, 0.2) is 9.84 Å². The Morgan fingerprint density at radius 3 is 2.58 bits per heavy atom.